The predicted molar refractivity (Wildman–Crippen MR) is 53.6 cm³/mol. The molecule has 0 radical (unpaired) electrons. The first kappa shape index (κ1) is 7.82. The summed E-state index contributed by atoms with van der Waals surface area (Å²) in [4.78, 5) is 8.32. The van der Waals surface area contributed by atoms with Gasteiger partial charge in [0.25, 0.3) is 0 Å². The first-order chi connectivity index (χ1) is 6.86. The molecule has 1 N–H and O–H groups in total. The molecule has 0 bridgehead atoms. The summed E-state index contributed by atoms with van der Waals surface area (Å²) in [6.45, 7) is 0. The average molecular weight is 207 g/mol. The summed E-state index contributed by atoms with van der Waals surface area (Å²) in [5.74, 6) is 0.844. The molecule has 4 nitrogen and oxygen atoms in total. The van der Waals surface area contributed by atoms with Crippen LogP contribution in [0.1, 0.15) is 11.2 Å². The van der Waals surface area contributed by atoms with Gasteiger partial charge in [0.1, 0.15) is 11.8 Å². The lowest BCUT2D eigenvalue weighted by Gasteiger charge is -2.23. The van der Waals surface area contributed by atoms with E-state index < -0.39 is 0 Å². The third-order valence-electron chi connectivity index (χ3n) is 2.22. The molecule has 0 fully saturated rings. The predicted octanol–water partition coefficient (Wildman–Crippen LogP) is 1.93. The van der Waals surface area contributed by atoms with Gasteiger partial charge in [-0.1, -0.05) is 11.6 Å². The van der Waals surface area contributed by atoms with Crippen LogP contribution in [0.5, 0.6) is 0 Å². The summed E-state index contributed by atoms with van der Waals surface area (Å²) in [7, 11) is 0. The summed E-state index contributed by atoms with van der Waals surface area (Å²) < 4.78 is 1.89. The van der Waals surface area contributed by atoms with Crippen LogP contribution in [0, 0.1) is 0 Å². The van der Waals surface area contributed by atoms with Crippen LogP contribution in [0.3, 0.4) is 0 Å². The number of nitrogens with one attached hydrogen (secondary N) is 1. The third kappa shape index (κ3) is 0.943. The summed E-state index contributed by atoms with van der Waals surface area (Å²) in [6, 6.07) is 3.82. The Kier molecular flexibility index (Phi) is 1.52. The molecule has 0 aliphatic carbocycles. The van der Waals surface area contributed by atoms with Crippen molar-refractivity contribution in [3.63, 3.8) is 0 Å². The minimum atomic E-state index is -0.241. The van der Waals surface area contributed by atoms with Crippen molar-refractivity contribution in [2.75, 3.05) is 5.32 Å². The van der Waals surface area contributed by atoms with Crippen molar-refractivity contribution in [3.05, 3.63) is 36.5 Å². The zero-order valence-electron chi connectivity index (χ0n) is 7.18. The van der Waals surface area contributed by atoms with Gasteiger partial charge in [0.05, 0.1) is 17.6 Å². The van der Waals surface area contributed by atoms with E-state index >= 15 is 0 Å². The summed E-state index contributed by atoms with van der Waals surface area (Å²) >= 11 is 6.12. The van der Waals surface area contributed by atoms with Crippen LogP contribution in [-0.4, -0.2) is 14.5 Å². The van der Waals surface area contributed by atoms with Crippen molar-refractivity contribution in [3.8, 4) is 5.82 Å². The van der Waals surface area contributed by atoms with E-state index in [0.717, 1.165) is 17.2 Å². The van der Waals surface area contributed by atoms with Gasteiger partial charge in [-0.15, -0.1) is 0 Å². The molecule has 0 aromatic carbocycles. The third-order valence-corrected chi connectivity index (χ3v) is 2.56. The normalized spacial score (nSPS) is 18.2. The Morgan fingerprint density at radius 3 is 3.36 bits per heavy atom. The highest BCUT2D eigenvalue weighted by Crippen LogP contribution is 2.32. The number of anilines is 1. The average Bonchev–Trinajstić information content (AvgIpc) is 2.67. The number of alkyl halides is 1. The van der Waals surface area contributed by atoms with E-state index in [9.17, 15) is 0 Å². The van der Waals surface area contributed by atoms with Gasteiger partial charge in [-0.3, -0.25) is 4.57 Å². The second kappa shape index (κ2) is 2.72. The molecule has 2 aromatic rings. The van der Waals surface area contributed by atoms with Gasteiger partial charge in [0.15, 0.2) is 5.82 Å². The monoisotopic (exact) mass is 206 g/mol. The van der Waals surface area contributed by atoms with E-state index in [1.807, 2.05) is 16.7 Å². The minimum absolute atomic E-state index is 0.241. The van der Waals surface area contributed by atoms with Crippen molar-refractivity contribution in [2.24, 2.45) is 0 Å². The molecule has 14 heavy (non-hydrogen) atoms. The number of pyridine rings is 1. The molecule has 0 saturated heterocycles. The van der Waals surface area contributed by atoms with Gasteiger partial charge in [0, 0.05) is 6.20 Å². The molecule has 1 aliphatic heterocycles. The Bertz CT molecular complexity index is 479. The number of nitrogens with zero attached hydrogens (tertiary/aromatic N) is 3. The van der Waals surface area contributed by atoms with Gasteiger partial charge in [-0.2, -0.15) is 0 Å². The Labute approximate surface area is 85.6 Å². The number of rotatable bonds is 0. The quantitative estimate of drug-likeness (QED) is 0.529. The van der Waals surface area contributed by atoms with Crippen LogP contribution in [0.25, 0.3) is 5.82 Å². The second-order valence-corrected chi connectivity index (χ2v) is 3.51. The largest absolute Gasteiger partial charge is 0.361 e. The van der Waals surface area contributed by atoms with Gasteiger partial charge in [0.2, 0.25) is 0 Å². The molecule has 2 aromatic heterocycles. The zero-order valence-corrected chi connectivity index (χ0v) is 7.94. The smallest absolute Gasteiger partial charge is 0.161 e. The Morgan fingerprint density at radius 2 is 2.43 bits per heavy atom. The zero-order chi connectivity index (χ0) is 9.54. The highest BCUT2D eigenvalue weighted by molar-refractivity contribution is 6.22. The van der Waals surface area contributed by atoms with Crippen LogP contribution in [0.15, 0.2) is 30.9 Å². The maximum atomic E-state index is 6.12. The van der Waals surface area contributed by atoms with Crippen LogP contribution >= 0.6 is 11.6 Å². The number of imidazole rings is 1. The molecule has 1 atom stereocenters. The van der Waals surface area contributed by atoms with Crippen molar-refractivity contribution in [2.45, 2.75) is 5.50 Å². The van der Waals surface area contributed by atoms with E-state index in [4.69, 9.17) is 11.6 Å². The fourth-order valence-corrected chi connectivity index (χ4v) is 1.86. The maximum absolute atomic E-state index is 6.12. The van der Waals surface area contributed by atoms with Crippen molar-refractivity contribution < 1.29 is 0 Å². The van der Waals surface area contributed by atoms with Crippen LogP contribution in [0.4, 0.5) is 5.69 Å². The number of halogens is 1. The van der Waals surface area contributed by atoms with E-state index in [2.05, 4.69) is 15.3 Å². The van der Waals surface area contributed by atoms with Gasteiger partial charge in [-0.05, 0) is 12.1 Å². The highest BCUT2D eigenvalue weighted by atomic mass is 35.5. The highest BCUT2D eigenvalue weighted by Gasteiger charge is 2.22. The van der Waals surface area contributed by atoms with Crippen LogP contribution in [-0.2, 0) is 0 Å². The van der Waals surface area contributed by atoms with E-state index in [1.54, 1.807) is 18.7 Å². The molecule has 0 amide bonds. The van der Waals surface area contributed by atoms with E-state index in [0.29, 0.717) is 0 Å². The number of hydrogen-bond donors (Lipinski definition) is 1. The Morgan fingerprint density at radius 1 is 1.50 bits per heavy atom. The lowest BCUT2D eigenvalue weighted by atomic mass is 10.3. The van der Waals surface area contributed by atoms with Gasteiger partial charge in [-0.25, -0.2) is 9.97 Å². The summed E-state index contributed by atoms with van der Waals surface area (Å²) in [6.07, 6.45) is 5.21. The van der Waals surface area contributed by atoms with Crippen molar-refractivity contribution >= 4 is 17.3 Å². The molecule has 0 spiro atoms. The van der Waals surface area contributed by atoms with E-state index in [-0.39, 0.29) is 5.50 Å². The van der Waals surface area contributed by atoms with Gasteiger partial charge < -0.3 is 5.32 Å². The molecule has 0 unspecified atom stereocenters. The molecule has 3 rings (SSSR count). The van der Waals surface area contributed by atoms with Crippen molar-refractivity contribution in [1.82, 2.24) is 14.5 Å². The molecular weight excluding hydrogens is 200 g/mol. The molecule has 1 aliphatic rings. The van der Waals surface area contributed by atoms with Crippen LogP contribution in [0.2, 0.25) is 0 Å². The number of aromatic nitrogens is 3. The lowest BCUT2D eigenvalue weighted by Crippen LogP contribution is -2.17. The Balaban J connectivity index is 2.29. The van der Waals surface area contributed by atoms with E-state index in [1.165, 1.54) is 0 Å². The fraction of sp³-hybridized carbons (Fsp3) is 0.111. The molecule has 5 heteroatoms. The molecule has 70 valence electrons. The fourth-order valence-electron chi connectivity index (χ4n) is 1.58. The lowest BCUT2D eigenvalue weighted by molar-refractivity contribution is 0.854. The Hall–Kier alpha value is -1.55. The summed E-state index contributed by atoms with van der Waals surface area (Å²) in [5.41, 5.74) is 1.60. The summed E-state index contributed by atoms with van der Waals surface area (Å²) in [5, 5.41) is 3.14. The first-order valence-electron chi connectivity index (χ1n) is 4.24. The topological polar surface area (TPSA) is 42.7 Å². The van der Waals surface area contributed by atoms with Crippen LogP contribution < -0.4 is 5.32 Å². The SMILES string of the molecule is Cl[C@@H]1Nc2cccnc2-n2cncc21. The minimum Gasteiger partial charge on any atom is -0.361 e. The van der Waals surface area contributed by atoms with Crippen molar-refractivity contribution in [1.29, 1.82) is 0 Å². The molecule has 0 saturated carbocycles. The molecule has 3 heterocycles. The standard InChI is InChI=1S/C9H7ClN4/c10-8-7-4-11-5-14(7)9-6(13-8)2-1-3-12-9/h1-5,8,13H/t8-/m1/s1. The number of fused-ring (bicyclic) bond motifs is 3. The van der Waals surface area contributed by atoms with Gasteiger partial charge >= 0.3 is 0 Å². The maximum Gasteiger partial charge on any atom is 0.161 e. The molecular formula is C9H7ClN4. The number of hydrogen-bond acceptors (Lipinski definition) is 3. The first-order valence-corrected chi connectivity index (χ1v) is 4.68. The second-order valence-electron chi connectivity index (χ2n) is 3.07.